The van der Waals surface area contributed by atoms with E-state index in [1.54, 1.807) is 25.1 Å². The molecule has 0 aliphatic heterocycles. The standard InChI is InChI=1S/C13H19NO4/c1-3-16-7-8-18-12-9-10(14)5-6-11(12)13(15)17-4-2/h5-6,9H,3-4,7-8,14H2,1-2H3. The number of carbonyl (C=O) groups excluding carboxylic acids is 1. The molecule has 0 aromatic heterocycles. The molecule has 2 N–H and O–H groups in total. The van der Waals surface area contributed by atoms with E-state index in [2.05, 4.69) is 0 Å². The van der Waals surface area contributed by atoms with E-state index >= 15 is 0 Å². The highest BCUT2D eigenvalue weighted by Gasteiger charge is 2.13. The molecule has 0 bridgehead atoms. The van der Waals surface area contributed by atoms with Crippen LogP contribution >= 0.6 is 0 Å². The zero-order valence-corrected chi connectivity index (χ0v) is 10.8. The van der Waals surface area contributed by atoms with Crippen LogP contribution in [0.4, 0.5) is 5.69 Å². The largest absolute Gasteiger partial charge is 0.490 e. The van der Waals surface area contributed by atoms with Gasteiger partial charge in [-0.05, 0) is 26.0 Å². The summed E-state index contributed by atoms with van der Waals surface area (Å²) in [7, 11) is 0. The second kappa shape index (κ2) is 7.55. The van der Waals surface area contributed by atoms with E-state index in [0.717, 1.165) is 0 Å². The fourth-order valence-corrected chi connectivity index (χ4v) is 1.39. The average molecular weight is 253 g/mol. The maximum absolute atomic E-state index is 11.7. The van der Waals surface area contributed by atoms with E-state index in [0.29, 0.717) is 43.4 Å². The number of nitrogen functional groups attached to an aromatic ring is 1. The number of carbonyl (C=O) groups is 1. The van der Waals surface area contributed by atoms with Gasteiger partial charge in [-0.25, -0.2) is 4.79 Å². The summed E-state index contributed by atoms with van der Waals surface area (Å²) in [4.78, 5) is 11.7. The molecular weight excluding hydrogens is 234 g/mol. The first kappa shape index (κ1) is 14.3. The van der Waals surface area contributed by atoms with E-state index in [9.17, 15) is 4.79 Å². The van der Waals surface area contributed by atoms with Crippen LogP contribution in [0.25, 0.3) is 0 Å². The van der Waals surface area contributed by atoms with Gasteiger partial charge in [-0.2, -0.15) is 0 Å². The molecule has 0 amide bonds. The monoisotopic (exact) mass is 253 g/mol. The third-order valence-electron chi connectivity index (χ3n) is 2.19. The molecule has 0 saturated carbocycles. The summed E-state index contributed by atoms with van der Waals surface area (Å²) in [5.74, 6) is 0.0112. The van der Waals surface area contributed by atoms with Gasteiger partial charge in [-0.3, -0.25) is 0 Å². The lowest BCUT2D eigenvalue weighted by Crippen LogP contribution is -2.11. The van der Waals surface area contributed by atoms with Crippen molar-refractivity contribution in [2.75, 3.05) is 32.2 Å². The lowest BCUT2D eigenvalue weighted by Gasteiger charge is -2.11. The number of esters is 1. The molecule has 1 rings (SSSR count). The van der Waals surface area contributed by atoms with Crippen molar-refractivity contribution in [2.45, 2.75) is 13.8 Å². The Morgan fingerprint density at radius 3 is 2.67 bits per heavy atom. The first-order valence-corrected chi connectivity index (χ1v) is 5.96. The predicted molar refractivity (Wildman–Crippen MR) is 68.8 cm³/mol. The molecule has 18 heavy (non-hydrogen) atoms. The van der Waals surface area contributed by atoms with Crippen molar-refractivity contribution in [2.24, 2.45) is 0 Å². The number of anilines is 1. The quantitative estimate of drug-likeness (QED) is 0.456. The molecule has 0 saturated heterocycles. The molecule has 0 spiro atoms. The Labute approximate surface area is 107 Å². The average Bonchev–Trinajstić information content (AvgIpc) is 2.35. The second-order valence-electron chi connectivity index (χ2n) is 3.52. The highest BCUT2D eigenvalue weighted by Crippen LogP contribution is 2.22. The van der Waals surface area contributed by atoms with Crippen LogP contribution in [0.15, 0.2) is 18.2 Å². The van der Waals surface area contributed by atoms with E-state index in [1.807, 2.05) is 6.92 Å². The highest BCUT2D eigenvalue weighted by molar-refractivity contribution is 5.93. The summed E-state index contributed by atoms with van der Waals surface area (Å²) < 4.78 is 15.6. The van der Waals surface area contributed by atoms with Gasteiger partial charge in [0.15, 0.2) is 0 Å². The maximum Gasteiger partial charge on any atom is 0.341 e. The summed E-state index contributed by atoms with van der Waals surface area (Å²) in [6.07, 6.45) is 0. The molecule has 0 fully saturated rings. The Bertz CT molecular complexity index is 393. The lowest BCUT2D eigenvalue weighted by atomic mass is 10.2. The highest BCUT2D eigenvalue weighted by atomic mass is 16.5. The van der Waals surface area contributed by atoms with Gasteiger partial charge in [0.05, 0.1) is 13.2 Å². The van der Waals surface area contributed by atoms with Crippen LogP contribution in [0.2, 0.25) is 0 Å². The van der Waals surface area contributed by atoms with Crippen molar-refractivity contribution in [3.05, 3.63) is 23.8 Å². The first-order chi connectivity index (χ1) is 8.69. The predicted octanol–water partition coefficient (Wildman–Crippen LogP) is 1.86. The molecule has 0 heterocycles. The van der Waals surface area contributed by atoms with Crippen LogP contribution in [0, 0.1) is 0 Å². The Morgan fingerprint density at radius 2 is 2.00 bits per heavy atom. The summed E-state index contributed by atoms with van der Waals surface area (Å²) in [6, 6.07) is 4.85. The van der Waals surface area contributed by atoms with Gasteiger partial charge in [0, 0.05) is 18.4 Å². The summed E-state index contributed by atoms with van der Waals surface area (Å²) in [6.45, 7) is 5.44. The van der Waals surface area contributed by atoms with Crippen molar-refractivity contribution in [1.29, 1.82) is 0 Å². The summed E-state index contributed by atoms with van der Waals surface area (Å²) >= 11 is 0. The first-order valence-electron chi connectivity index (χ1n) is 5.96. The number of benzene rings is 1. The van der Waals surface area contributed by atoms with Gasteiger partial charge in [0.1, 0.15) is 17.9 Å². The Kier molecular flexibility index (Phi) is 6.00. The minimum absolute atomic E-state index is 0.321. The normalized spacial score (nSPS) is 10.1. The van der Waals surface area contributed by atoms with Crippen molar-refractivity contribution in [1.82, 2.24) is 0 Å². The van der Waals surface area contributed by atoms with Crippen molar-refractivity contribution in [3.8, 4) is 5.75 Å². The fourth-order valence-electron chi connectivity index (χ4n) is 1.39. The fraction of sp³-hybridized carbons (Fsp3) is 0.462. The van der Waals surface area contributed by atoms with Gasteiger partial charge in [0.2, 0.25) is 0 Å². The smallest absolute Gasteiger partial charge is 0.341 e. The van der Waals surface area contributed by atoms with Crippen molar-refractivity contribution >= 4 is 11.7 Å². The minimum Gasteiger partial charge on any atom is -0.490 e. The van der Waals surface area contributed by atoms with Crippen LogP contribution in [0.5, 0.6) is 5.75 Å². The molecule has 1 aromatic rings. The Balaban J connectivity index is 2.73. The topological polar surface area (TPSA) is 70.8 Å². The second-order valence-corrected chi connectivity index (χ2v) is 3.52. The molecule has 5 nitrogen and oxygen atoms in total. The van der Waals surface area contributed by atoms with E-state index in [-0.39, 0.29) is 0 Å². The molecule has 5 heteroatoms. The summed E-state index contributed by atoms with van der Waals surface area (Å²) in [5, 5.41) is 0. The zero-order chi connectivity index (χ0) is 13.4. The SMILES string of the molecule is CCOCCOc1cc(N)ccc1C(=O)OCC. The molecule has 0 radical (unpaired) electrons. The van der Waals surface area contributed by atoms with Gasteiger partial charge < -0.3 is 19.9 Å². The van der Waals surface area contributed by atoms with Crippen LogP contribution in [-0.4, -0.2) is 32.4 Å². The van der Waals surface area contributed by atoms with Gasteiger partial charge in [0.25, 0.3) is 0 Å². The van der Waals surface area contributed by atoms with Gasteiger partial charge >= 0.3 is 5.97 Å². The Morgan fingerprint density at radius 1 is 1.22 bits per heavy atom. The van der Waals surface area contributed by atoms with E-state index in [4.69, 9.17) is 19.9 Å². The number of hydrogen-bond acceptors (Lipinski definition) is 5. The molecular formula is C13H19NO4. The van der Waals surface area contributed by atoms with E-state index < -0.39 is 5.97 Å². The minimum atomic E-state index is -0.413. The number of hydrogen-bond donors (Lipinski definition) is 1. The lowest BCUT2D eigenvalue weighted by molar-refractivity contribution is 0.0518. The van der Waals surface area contributed by atoms with Crippen LogP contribution in [0.1, 0.15) is 24.2 Å². The maximum atomic E-state index is 11.7. The molecule has 0 atom stereocenters. The molecule has 0 aliphatic carbocycles. The molecule has 0 unspecified atom stereocenters. The number of rotatable bonds is 7. The summed E-state index contributed by atoms with van der Waals surface area (Å²) in [5.41, 5.74) is 6.58. The third-order valence-corrected chi connectivity index (χ3v) is 2.19. The number of nitrogens with two attached hydrogens (primary N) is 1. The van der Waals surface area contributed by atoms with Crippen LogP contribution < -0.4 is 10.5 Å². The van der Waals surface area contributed by atoms with Gasteiger partial charge in [-0.15, -0.1) is 0 Å². The molecule has 100 valence electrons. The van der Waals surface area contributed by atoms with E-state index in [1.165, 1.54) is 0 Å². The molecule has 1 aromatic carbocycles. The number of ether oxygens (including phenoxy) is 3. The van der Waals surface area contributed by atoms with Crippen molar-refractivity contribution in [3.63, 3.8) is 0 Å². The zero-order valence-electron chi connectivity index (χ0n) is 10.8. The van der Waals surface area contributed by atoms with Crippen LogP contribution in [0.3, 0.4) is 0 Å². The van der Waals surface area contributed by atoms with Crippen LogP contribution in [-0.2, 0) is 9.47 Å². The van der Waals surface area contributed by atoms with Crippen molar-refractivity contribution < 1.29 is 19.0 Å². The Hall–Kier alpha value is -1.75. The third kappa shape index (κ3) is 4.25. The molecule has 0 aliphatic rings. The van der Waals surface area contributed by atoms with Gasteiger partial charge in [-0.1, -0.05) is 0 Å².